The van der Waals surface area contributed by atoms with Crippen LogP contribution in [0.25, 0.3) is 0 Å². The Morgan fingerprint density at radius 2 is 1.87 bits per heavy atom. The summed E-state index contributed by atoms with van der Waals surface area (Å²) in [6, 6.07) is 8.30. The highest BCUT2D eigenvalue weighted by Crippen LogP contribution is 2.01. The normalized spacial score (nSPS) is 9.40. The average Bonchev–Trinajstić information content (AvgIpc) is 2.29. The van der Waals surface area contributed by atoms with Crippen LogP contribution in [0.4, 0.5) is 0 Å². The van der Waals surface area contributed by atoms with Gasteiger partial charge < -0.3 is 4.74 Å². The van der Waals surface area contributed by atoms with Crippen molar-refractivity contribution in [1.29, 1.82) is 0 Å². The third-order valence-corrected chi connectivity index (χ3v) is 1.55. The molecule has 5 heteroatoms. The summed E-state index contributed by atoms with van der Waals surface area (Å²) >= 11 is 0. The first kappa shape index (κ1) is 11.2. The quantitative estimate of drug-likeness (QED) is 0.420. The van der Waals surface area contributed by atoms with Crippen molar-refractivity contribution in [2.45, 2.75) is 0 Å². The lowest BCUT2D eigenvalue weighted by molar-refractivity contribution is -0.242. The van der Waals surface area contributed by atoms with E-state index < -0.39 is 18.5 Å². The van der Waals surface area contributed by atoms with Gasteiger partial charge in [-0.1, -0.05) is 18.2 Å². The second kappa shape index (κ2) is 5.77. The molecule has 1 aromatic rings. The second-order valence-electron chi connectivity index (χ2n) is 2.58. The van der Waals surface area contributed by atoms with E-state index in [1.165, 1.54) is 7.11 Å². The van der Waals surface area contributed by atoms with Crippen molar-refractivity contribution in [3.8, 4) is 0 Å². The van der Waals surface area contributed by atoms with E-state index in [1.54, 1.807) is 30.3 Å². The first-order chi connectivity index (χ1) is 7.24. The zero-order chi connectivity index (χ0) is 11.1. The number of esters is 1. The molecule has 0 radical (unpaired) electrons. The summed E-state index contributed by atoms with van der Waals surface area (Å²) in [4.78, 5) is 30.5. The van der Waals surface area contributed by atoms with Gasteiger partial charge in [0, 0.05) is 0 Å². The van der Waals surface area contributed by atoms with Crippen molar-refractivity contribution in [3.05, 3.63) is 35.9 Å². The van der Waals surface area contributed by atoms with Crippen LogP contribution in [0.2, 0.25) is 0 Å². The second-order valence-corrected chi connectivity index (χ2v) is 2.58. The van der Waals surface area contributed by atoms with E-state index in [4.69, 9.17) is 0 Å². The molecule has 0 amide bonds. The first-order valence-electron chi connectivity index (χ1n) is 4.19. The fraction of sp³-hybridized carbons (Fsp3) is 0.200. The molecule has 1 aromatic carbocycles. The Kier molecular flexibility index (Phi) is 4.30. The van der Waals surface area contributed by atoms with Crippen molar-refractivity contribution < 1.29 is 24.1 Å². The number of hydrogen-bond donors (Lipinski definition) is 0. The number of hydrogen-bond acceptors (Lipinski definition) is 5. The van der Waals surface area contributed by atoms with E-state index in [1.807, 2.05) is 0 Å². The Bertz CT molecular complexity index is 333. The lowest BCUT2D eigenvalue weighted by atomic mass is 10.2. The Labute approximate surface area is 86.5 Å². The Morgan fingerprint density at radius 3 is 2.47 bits per heavy atom. The maximum atomic E-state index is 11.2. The van der Waals surface area contributed by atoms with Gasteiger partial charge in [-0.05, 0) is 12.1 Å². The van der Waals surface area contributed by atoms with E-state index in [0.29, 0.717) is 5.56 Å². The molecule has 0 fully saturated rings. The predicted molar refractivity (Wildman–Crippen MR) is 49.8 cm³/mol. The van der Waals surface area contributed by atoms with Crippen molar-refractivity contribution in [1.82, 2.24) is 0 Å². The molecule has 5 nitrogen and oxygen atoms in total. The summed E-state index contributed by atoms with van der Waals surface area (Å²) in [6.07, 6.45) is 0. The maximum Gasteiger partial charge on any atom is 0.373 e. The fourth-order valence-electron chi connectivity index (χ4n) is 0.812. The SMILES string of the molecule is COC(=O)COOC(=O)c1ccccc1. The largest absolute Gasteiger partial charge is 0.467 e. The van der Waals surface area contributed by atoms with Gasteiger partial charge in [0.05, 0.1) is 12.7 Å². The number of benzene rings is 1. The molecule has 0 saturated heterocycles. The van der Waals surface area contributed by atoms with Gasteiger partial charge in [0.15, 0.2) is 6.61 Å². The number of ether oxygens (including phenoxy) is 1. The van der Waals surface area contributed by atoms with Crippen molar-refractivity contribution >= 4 is 11.9 Å². The molecule has 0 heterocycles. The molecule has 0 bridgehead atoms. The number of methoxy groups -OCH3 is 1. The van der Waals surface area contributed by atoms with Gasteiger partial charge in [-0.25, -0.2) is 9.59 Å². The van der Waals surface area contributed by atoms with E-state index in [9.17, 15) is 9.59 Å². The van der Waals surface area contributed by atoms with Gasteiger partial charge in [-0.15, -0.1) is 0 Å². The summed E-state index contributed by atoms with van der Waals surface area (Å²) in [7, 11) is 1.21. The van der Waals surface area contributed by atoms with Gasteiger partial charge >= 0.3 is 11.9 Å². The highest BCUT2D eigenvalue weighted by molar-refractivity contribution is 5.88. The Balaban J connectivity index is 2.34. The maximum absolute atomic E-state index is 11.2. The molecule has 1 rings (SSSR count). The van der Waals surface area contributed by atoms with Crippen LogP contribution >= 0.6 is 0 Å². The zero-order valence-electron chi connectivity index (χ0n) is 8.14. The highest BCUT2D eigenvalue weighted by atomic mass is 17.2. The summed E-state index contributed by atoms with van der Waals surface area (Å²) in [5.41, 5.74) is 0.349. The van der Waals surface area contributed by atoms with Gasteiger partial charge in [0.2, 0.25) is 0 Å². The monoisotopic (exact) mass is 210 g/mol. The predicted octanol–water partition coefficient (Wildman–Crippen LogP) is 0.948. The van der Waals surface area contributed by atoms with E-state index in [0.717, 1.165) is 0 Å². The van der Waals surface area contributed by atoms with Crippen LogP contribution in [-0.2, 0) is 19.3 Å². The molecule has 0 aromatic heterocycles. The number of rotatable bonds is 4. The Morgan fingerprint density at radius 1 is 1.20 bits per heavy atom. The minimum absolute atomic E-state index is 0.349. The van der Waals surface area contributed by atoms with Crippen LogP contribution in [0.3, 0.4) is 0 Å². The van der Waals surface area contributed by atoms with Crippen LogP contribution in [0.15, 0.2) is 30.3 Å². The average molecular weight is 210 g/mol. The number of carbonyl (C=O) groups excluding carboxylic acids is 2. The van der Waals surface area contributed by atoms with Gasteiger partial charge in [0.25, 0.3) is 0 Å². The van der Waals surface area contributed by atoms with E-state index in [-0.39, 0.29) is 0 Å². The van der Waals surface area contributed by atoms with Crippen molar-refractivity contribution in [3.63, 3.8) is 0 Å². The molecule has 0 saturated carbocycles. The van der Waals surface area contributed by atoms with Gasteiger partial charge in [-0.2, -0.15) is 4.89 Å². The van der Waals surface area contributed by atoms with Crippen LogP contribution in [0.1, 0.15) is 10.4 Å². The highest BCUT2D eigenvalue weighted by Gasteiger charge is 2.08. The molecule has 0 atom stereocenters. The van der Waals surface area contributed by atoms with Crippen molar-refractivity contribution in [2.24, 2.45) is 0 Å². The van der Waals surface area contributed by atoms with Crippen LogP contribution in [0.5, 0.6) is 0 Å². The molecule has 0 N–H and O–H groups in total. The number of carbonyl (C=O) groups is 2. The molecule has 0 aliphatic rings. The lowest BCUT2D eigenvalue weighted by Crippen LogP contribution is -2.13. The van der Waals surface area contributed by atoms with Crippen LogP contribution in [0, 0.1) is 0 Å². The van der Waals surface area contributed by atoms with Gasteiger partial charge in [-0.3, -0.25) is 4.89 Å². The minimum atomic E-state index is -0.653. The summed E-state index contributed by atoms with van der Waals surface area (Å²) in [6.45, 7) is -0.422. The molecule has 0 unspecified atom stereocenters. The summed E-state index contributed by atoms with van der Waals surface area (Å²) in [5, 5.41) is 0. The molecule has 0 aliphatic heterocycles. The van der Waals surface area contributed by atoms with Gasteiger partial charge in [0.1, 0.15) is 0 Å². The summed E-state index contributed by atoms with van der Waals surface area (Å²) < 4.78 is 4.28. The smallest absolute Gasteiger partial charge is 0.373 e. The zero-order valence-corrected chi connectivity index (χ0v) is 8.14. The third-order valence-electron chi connectivity index (χ3n) is 1.55. The first-order valence-corrected chi connectivity index (χ1v) is 4.19. The van der Waals surface area contributed by atoms with E-state index >= 15 is 0 Å². The Hall–Kier alpha value is -1.88. The third kappa shape index (κ3) is 3.78. The minimum Gasteiger partial charge on any atom is -0.467 e. The molecule has 15 heavy (non-hydrogen) atoms. The standard InChI is InChI=1S/C10H10O5/c1-13-9(11)7-14-15-10(12)8-5-3-2-4-6-8/h2-6H,7H2,1H3. The molecule has 0 aliphatic carbocycles. The molecular formula is C10H10O5. The fourth-order valence-corrected chi connectivity index (χ4v) is 0.812. The molecule has 0 spiro atoms. The van der Waals surface area contributed by atoms with Crippen LogP contribution in [-0.4, -0.2) is 25.7 Å². The van der Waals surface area contributed by atoms with E-state index in [2.05, 4.69) is 14.5 Å². The summed E-state index contributed by atoms with van der Waals surface area (Å²) in [5.74, 6) is -1.27. The van der Waals surface area contributed by atoms with Crippen molar-refractivity contribution in [2.75, 3.05) is 13.7 Å². The van der Waals surface area contributed by atoms with Crippen LogP contribution < -0.4 is 0 Å². The lowest BCUT2D eigenvalue weighted by Gasteiger charge is -2.01. The molecular weight excluding hydrogens is 200 g/mol. The topological polar surface area (TPSA) is 61.8 Å². The molecule has 80 valence electrons.